The molecule has 2 heterocycles. The first-order chi connectivity index (χ1) is 15.1. The molecule has 2 aromatic rings. The summed E-state index contributed by atoms with van der Waals surface area (Å²) in [6, 6.07) is 12.4. The molecule has 0 radical (unpaired) electrons. The Bertz CT molecular complexity index is 840. The topological polar surface area (TPSA) is 62.2 Å². The van der Waals surface area contributed by atoms with Gasteiger partial charge in [-0.2, -0.15) is 0 Å². The average molecular weight is 426 g/mol. The van der Waals surface area contributed by atoms with E-state index in [9.17, 15) is 0 Å². The Hall–Kier alpha value is -2.80. The maximum absolute atomic E-state index is 5.65. The van der Waals surface area contributed by atoms with E-state index >= 15 is 0 Å². The number of anilines is 1. The molecule has 1 aliphatic heterocycles. The summed E-state index contributed by atoms with van der Waals surface area (Å²) in [7, 11) is 2.06. The lowest BCUT2D eigenvalue weighted by molar-refractivity contribution is 0.0529. The summed E-state index contributed by atoms with van der Waals surface area (Å²) in [6.45, 7) is 11.5. The van der Waals surface area contributed by atoms with Gasteiger partial charge in [0.05, 0.1) is 25.9 Å². The highest BCUT2D eigenvalue weighted by atomic mass is 16.5. The maximum Gasteiger partial charge on any atom is 0.194 e. The minimum atomic E-state index is 0.230. The van der Waals surface area contributed by atoms with Crippen LogP contribution in [0.2, 0.25) is 0 Å². The maximum atomic E-state index is 5.65. The van der Waals surface area contributed by atoms with Gasteiger partial charge in [-0.05, 0) is 56.2 Å². The molecule has 1 N–H and O–H groups in total. The van der Waals surface area contributed by atoms with E-state index in [0.717, 1.165) is 55.9 Å². The molecule has 0 saturated carbocycles. The van der Waals surface area contributed by atoms with Crippen LogP contribution in [-0.4, -0.2) is 61.8 Å². The van der Waals surface area contributed by atoms with Crippen molar-refractivity contribution in [2.24, 2.45) is 4.99 Å². The predicted octanol–water partition coefficient (Wildman–Crippen LogP) is 3.30. The molecule has 31 heavy (non-hydrogen) atoms. The molecule has 0 spiro atoms. The summed E-state index contributed by atoms with van der Waals surface area (Å²) in [5.74, 6) is 2.78. The van der Waals surface area contributed by atoms with Gasteiger partial charge in [0, 0.05) is 39.4 Å². The SMILES string of the molecule is CCNC(=NCc1ccnc(N2CCOC(C)C2)c1)N(C)Cc1ccc(OCC)cc1. The summed E-state index contributed by atoms with van der Waals surface area (Å²) in [6.07, 6.45) is 2.10. The van der Waals surface area contributed by atoms with Gasteiger partial charge in [0.2, 0.25) is 0 Å². The lowest BCUT2D eigenvalue weighted by Crippen LogP contribution is -2.41. The third-order valence-corrected chi connectivity index (χ3v) is 5.14. The molecule has 0 aliphatic carbocycles. The number of aromatic nitrogens is 1. The van der Waals surface area contributed by atoms with Crippen LogP contribution < -0.4 is 15.0 Å². The minimum Gasteiger partial charge on any atom is -0.494 e. The van der Waals surface area contributed by atoms with Crippen LogP contribution in [0.25, 0.3) is 0 Å². The van der Waals surface area contributed by atoms with E-state index in [2.05, 4.69) is 59.2 Å². The fourth-order valence-corrected chi connectivity index (χ4v) is 3.60. The number of pyridine rings is 1. The van der Waals surface area contributed by atoms with Gasteiger partial charge in [0.15, 0.2) is 5.96 Å². The molecule has 3 rings (SSSR count). The number of morpholine rings is 1. The molecule has 1 saturated heterocycles. The average Bonchev–Trinajstić information content (AvgIpc) is 2.78. The predicted molar refractivity (Wildman–Crippen MR) is 126 cm³/mol. The summed E-state index contributed by atoms with van der Waals surface area (Å²) < 4.78 is 11.2. The number of benzene rings is 1. The summed E-state index contributed by atoms with van der Waals surface area (Å²) >= 11 is 0. The van der Waals surface area contributed by atoms with Gasteiger partial charge in [0.1, 0.15) is 11.6 Å². The van der Waals surface area contributed by atoms with Crippen molar-refractivity contribution in [2.75, 3.05) is 44.8 Å². The van der Waals surface area contributed by atoms with Gasteiger partial charge in [-0.15, -0.1) is 0 Å². The van der Waals surface area contributed by atoms with Crippen LogP contribution in [0.15, 0.2) is 47.6 Å². The molecule has 168 valence electrons. The Labute approximate surface area is 186 Å². The highest BCUT2D eigenvalue weighted by Gasteiger charge is 2.18. The molecule has 1 aliphatic rings. The van der Waals surface area contributed by atoms with E-state index in [-0.39, 0.29) is 6.10 Å². The molecule has 1 unspecified atom stereocenters. The van der Waals surface area contributed by atoms with E-state index in [1.54, 1.807) is 0 Å². The van der Waals surface area contributed by atoms with Crippen LogP contribution >= 0.6 is 0 Å². The van der Waals surface area contributed by atoms with Crippen LogP contribution in [0.5, 0.6) is 5.75 Å². The largest absolute Gasteiger partial charge is 0.494 e. The van der Waals surface area contributed by atoms with Crippen molar-refractivity contribution < 1.29 is 9.47 Å². The number of hydrogen-bond donors (Lipinski definition) is 1. The number of guanidine groups is 1. The second kappa shape index (κ2) is 11.6. The first kappa shape index (κ1) is 22.9. The third-order valence-electron chi connectivity index (χ3n) is 5.14. The molecular weight excluding hydrogens is 390 g/mol. The van der Waals surface area contributed by atoms with Crippen LogP contribution in [-0.2, 0) is 17.8 Å². The van der Waals surface area contributed by atoms with Crippen molar-refractivity contribution in [1.29, 1.82) is 0 Å². The smallest absolute Gasteiger partial charge is 0.194 e. The third kappa shape index (κ3) is 6.85. The van der Waals surface area contributed by atoms with Crippen LogP contribution in [0.3, 0.4) is 0 Å². The fraction of sp³-hybridized carbons (Fsp3) is 0.500. The zero-order valence-electron chi connectivity index (χ0n) is 19.2. The number of nitrogens with zero attached hydrogens (tertiary/aromatic N) is 4. The summed E-state index contributed by atoms with van der Waals surface area (Å²) in [5, 5.41) is 3.40. The van der Waals surface area contributed by atoms with E-state index in [4.69, 9.17) is 14.5 Å². The standard InChI is InChI=1S/C24H35N5O2/c1-5-25-24(28(4)18-20-7-9-22(10-8-20)30-6-2)27-16-21-11-12-26-23(15-21)29-13-14-31-19(3)17-29/h7-12,15,19H,5-6,13-14,16-18H2,1-4H3,(H,25,27). The Morgan fingerprint density at radius 1 is 1.26 bits per heavy atom. The van der Waals surface area contributed by atoms with Crippen LogP contribution in [0.4, 0.5) is 5.82 Å². The normalized spacial score (nSPS) is 16.8. The molecule has 1 atom stereocenters. The molecule has 1 aromatic heterocycles. The Kier molecular flexibility index (Phi) is 8.53. The van der Waals surface area contributed by atoms with Gasteiger partial charge in [-0.1, -0.05) is 12.1 Å². The molecule has 7 nitrogen and oxygen atoms in total. The number of ether oxygens (including phenoxy) is 2. The van der Waals surface area contributed by atoms with Crippen molar-refractivity contribution >= 4 is 11.8 Å². The highest BCUT2D eigenvalue weighted by molar-refractivity contribution is 5.79. The zero-order valence-corrected chi connectivity index (χ0v) is 19.2. The lowest BCUT2D eigenvalue weighted by atomic mass is 10.2. The van der Waals surface area contributed by atoms with Crippen LogP contribution in [0.1, 0.15) is 31.9 Å². The molecule has 1 fully saturated rings. The number of hydrogen-bond acceptors (Lipinski definition) is 5. The van der Waals surface area contributed by atoms with E-state index in [1.165, 1.54) is 5.56 Å². The minimum absolute atomic E-state index is 0.230. The van der Waals surface area contributed by atoms with Gasteiger partial charge >= 0.3 is 0 Å². The van der Waals surface area contributed by atoms with Crippen molar-refractivity contribution in [3.63, 3.8) is 0 Å². The number of nitrogens with one attached hydrogen (secondary N) is 1. The fourth-order valence-electron chi connectivity index (χ4n) is 3.60. The molecule has 7 heteroatoms. The second-order valence-electron chi connectivity index (χ2n) is 7.75. The van der Waals surface area contributed by atoms with Gasteiger partial charge < -0.3 is 24.6 Å². The van der Waals surface area contributed by atoms with Gasteiger partial charge in [0.25, 0.3) is 0 Å². The van der Waals surface area contributed by atoms with E-state index in [0.29, 0.717) is 13.2 Å². The number of rotatable bonds is 8. The summed E-state index contributed by atoms with van der Waals surface area (Å²) in [5.41, 5.74) is 2.36. The molecule has 1 aromatic carbocycles. The van der Waals surface area contributed by atoms with E-state index < -0.39 is 0 Å². The highest BCUT2D eigenvalue weighted by Crippen LogP contribution is 2.17. The van der Waals surface area contributed by atoms with Gasteiger partial charge in [-0.3, -0.25) is 0 Å². The summed E-state index contributed by atoms with van der Waals surface area (Å²) in [4.78, 5) is 13.8. The van der Waals surface area contributed by atoms with Crippen LogP contribution in [0, 0.1) is 0 Å². The van der Waals surface area contributed by atoms with Crippen molar-refractivity contribution in [3.8, 4) is 5.75 Å². The Balaban J connectivity index is 1.65. The van der Waals surface area contributed by atoms with E-state index in [1.807, 2.05) is 31.3 Å². The second-order valence-corrected chi connectivity index (χ2v) is 7.75. The van der Waals surface area contributed by atoms with Crippen molar-refractivity contribution in [1.82, 2.24) is 15.2 Å². The first-order valence-corrected chi connectivity index (χ1v) is 11.1. The molecule has 0 amide bonds. The molecular formula is C24H35N5O2. The van der Waals surface area contributed by atoms with Gasteiger partial charge in [-0.25, -0.2) is 9.98 Å². The van der Waals surface area contributed by atoms with Crippen molar-refractivity contribution in [3.05, 3.63) is 53.7 Å². The quantitative estimate of drug-likeness (QED) is 0.517. The Morgan fingerprint density at radius 3 is 2.77 bits per heavy atom. The first-order valence-electron chi connectivity index (χ1n) is 11.1. The lowest BCUT2D eigenvalue weighted by Gasteiger charge is -2.32. The monoisotopic (exact) mass is 425 g/mol. The van der Waals surface area contributed by atoms with Crippen molar-refractivity contribution in [2.45, 2.75) is 40.0 Å². The Morgan fingerprint density at radius 2 is 2.06 bits per heavy atom. The zero-order chi connectivity index (χ0) is 22.1. The number of aliphatic imine (C=N–C) groups is 1. The molecule has 0 bridgehead atoms.